The number of hydrogen-bond acceptors (Lipinski definition) is 5. The molecule has 1 aromatic heterocycles. The van der Waals surface area contributed by atoms with E-state index in [0.29, 0.717) is 34.0 Å². The molecule has 0 bridgehead atoms. The van der Waals surface area contributed by atoms with Crippen LogP contribution in [0.15, 0.2) is 18.5 Å². The van der Waals surface area contributed by atoms with Crippen molar-refractivity contribution in [1.82, 2.24) is 14.9 Å². The minimum absolute atomic E-state index is 0.00944. The quantitative estimate of drug-likeness (QED) is 0.831. The highest BCUT2D eigenvalue weighted by molar-refractivity contribution is 6.38. The monoisotopic (exact) mass is 369 g/mol. The number of carbonyl (C=O) groups excluding carboxylic acids is 1. The first kappa shape index (κ1) is 17.2. The van der Waals surface area contributed by atoms with Crippen LogP contribution in [0.1, 0.15) is 13.8 Å². The van der Waals surface area contributed by atoms with Crippen LogP contribution in [0.3, 0.4) is 0 Å². The molecule has 0 aliphatic carbocycles. The standard InChI is InChI=1S/C16H17Cl2N3O3/c1-9-5-21(6-10(2)24-9)14(22)7-23-16-12-3-11(17)4-13(18)15(12)19-8-20-16/h3-4,8-10H,5-7H2,1-2H3. The molecule has 8 heteroatoms. The van der Waals surface area contributed by atoms with E-state index in [0.717, 1.165) is 0 Å². The predicted molar refractivity (Wildman–Crippen MR) is 91.6 cm³/mol. The van der Waals surface area contributed by atoms with E-state index in [1.807, 2.05) is 13.8 Å². The van der Waals surface area contributed by atoms with Gasteiger partial charge < -0.3 is 14.4 Å². The Labute approximate surface area is 149 Å². The van der Waals surface area contributed by atoms with E-state index >= 15 is 0 Å². The van der Waals surface area contributed by atoms with Crippen molar-refractivity contribution in [2.75, 3.05) is 19.7 Å². The normalized spacial score (nSPS) is 21.1. The van der Waals surface area contributed by atoms with E-state index in [1.165, 1.54) is 6.33 Å². The molecule has 0 radical (unpaired) electrons. The van der Waals surface area contributed by atoms with Crippen LogP contribution >= 0.6 is 23.2 Å². The van der Waals surface area contributed by atoms with E-state index in [4.69, 9.17) is 32.7 Å². The Morgan fingerprint density at radius 1 is 1.29 bits per heavy atom. The van der Waals surface area contributed by atoms with Crippen LogP contribution in [0.5, 0.6) is 5.88 Å². The molecule has 128 valence electrons. The fourth-order valence-corrected chi connectivity index (χ4v) is 3.33. The predicted octanol–water partition coefficient (Wildman–Crippen LogP) is 2.95. The summed E-state index contributed by atoms with van der Waals surface area (Å²) < 4.78 is 11.2. The van der Waals surface area contributed by atoms with Crippen LogP contribution in [0.2, 0.25) is 10.0 Å². The van der Waals surface area contributed by atoms with Crippen molar-refractivity contribution in [2.45, 2.75) is 26.1 Å². The van der Waals surface area contributed by atoms with Crippen molar-refractivity contribution in [2.24, 2.45) is 0 Å². The third-order valence-corrected chi connectivity index (χ3v) is 4.23. The molecule has 1 saturated heterocycles. The number of amides is 1. The molecule has 0 spiro atoms. The molecule has 2 aromatic rings. The molecule has 1 fully saturated rings. The Balaban J connectivity index is 1.75. The first-order valence-corrected chi connectivity index (χ1v) is 8.35. The van der Waals surface area contributed by atoms with Crippen molar-refractivity contribution in [3.8, 4) is 5.88 Å². The molecule has 6 nitrogen and oxygen atoms in total. The van der Waals surface area contributed by atoms with Crippen molar-refractivity contribution in [3.05, 3.63) is 28.5 Å². The van der Waals surface area contributed by atoms with Gasteiger partial charge in [-0.15, -0.1) is 0 Å². The van der Waals surface area contributed by atoms with Gasteiger partial charge in [0, 0.05) is 18.1 Å². The average molecular weight is 370 g/mol. The topological polar surface area (TPSA) is 64.6 Å². The maximum Gasteiger partial charge on any atom is 0.260 e. The molecule has 1 aliphatic rings. The molecule has 1 aromatic carbocycles. The molecule has 3 rings (SSSR count). The van der Waals surface area contributed by atoms with Gasteiger partial charge in [0.2, 0.25) is 5.88 Å². The van der Waals surface area contributed by atoms with Crippen LogP contribution in [0, 0.1) is 0 Å². The molecule has 1 aliphatic heterocycles. The molecule has 0 saturated carbocycles. The summed E-state index contributed by atoms with van der Waals surface area (Å²) in [5, 5.41) is 1.44. The fraction of sp³-hybridized carbons (Fsp3) is 0.438. The van der Waals surface area contributed by atoms with E-state index in [-0.39, 0.29) is 30.6 Å². The Morgan fingerprint density at radius 2 is 2.00 bits per heavy atom. The number of halogens is 2. The number of hydrogen-bond donors (Lipinski definition) is 0. The van der Waals surface area contributed by atoms with Gasteiger partial charge in [0.05, 0.1) is 28.1 Å². The number of carbonyl (C=O) groups is 1. The van der Waals surface area contributed by atoms with Crippen LogP contribution in [-0.4, -0.2) is 52.7 Å². The largest absolute Gasteiger partial charge is 0.467 e. The summed E-state index contributed by atoms with van der Waals surface area (Å²) in [7, 11) is 0. The minimum atomic E-state index is -0.115. The lowest BCUT2D eigenvalue weighted by molar-refractivity contribution is -0.145. The molecule has 0 N–H and O–H groups in total. The van der Waals surface area contributed by atoms with Gasteiger partial charge >= 0.3 is 0 Å². The zero-order chi connectivity index (χ0) is 17.3. The van der Waals surface area contributed by atoms with Gasteiger partial charge in [-0.2, -0.15) is 0 Å². The molecule has 2 heterocycles. The summed E-state index contributed by atoms with van der Waals surface area (Å²) >= 11 is 12.2. The first-order valence-electron chi connectivity index (χ1n) is 7.60. The summed E-state index contributed by atoms with van der Waals surface area (Å²) in [5.74, 6) is 0.170. The number of fused-ring (bicyclic) bond motifs is 1. The SMILES string of the molecule is CC1CN(C(=O)COc2ncnc3c(Cl)cc(Cl)cc23)CC(C)O1. The van der Waals surface area contributed by atoms with Crippen molar-refractivity contribution in [1.29, 1.82) is 0 Å². The number of morpholine rings is 1. The average Bonchev–Trinajstić information content (AvgIpc) is 2.51. The summed E-state index contributed by atoms with van der Waals surface area (Å²) in [4.78, 5) is 22.3. The lowest BCUT2D eigenvalue weighted by Crippen LogP contribution is -2.49. The Kier molecular flexibility index (Phi) is 5.08. The van der Waals surface area contributed by atoms with Gasteiger partial charge in [-0.3, -0.25) is 4.79 Å². The Hall–Kier alpha value is -1.63. The molecule has 2 unspecified atom stereocenters. The fourth-order valence-electron chi connectivity index (χ4n) is 2.79. The van der Waals surface area contributed by atoms with Crippen molar-refractivity contribution in [3.63, 3.8) is 0 Å². The van der Waals surface area contributed by atoms with Gasteiger partial charge in [0.25, 0.3) is 5.91 Å². The lowest BCUT2D eigenvalue weighted by atomic mass is 10.2. The summed E-state index contributed by atoms with van der Waals surface area (Å²) in [6.07, 6.45) is 1.37. The van der Waals surface area contributed by atoms with Gasteiger partial charge in [-0.05, 0) is 26.0 Å². The van der Waals surface area contributed by atoms with Crippen LogP contribution < -0.4 is 4.74 Å². The van der Waals surface area contributed by atoms with E-state index in [9.17, 15) is 4.79 Å². The lowest BCUT2D eigenvalue weighted by Gasteiger charge is -2.35. The van der Waals surface area contributed by atoms with E-state index in [1.54, 1.807) is 17.0 Å². The molecular formula is C16H17Cl2N3O3. The number of aromatic nitrogens is 2. The summed E-state index contributed by atoms with van der Waals surface area (Å²) in [6, 6.07) is 3.27. The van der Waals surface area contributed by atoms with Gasteiger partial charge in [-0.25, -0.2) is 9.97 Å². The minimum Gasteiger partial charge on any atom is -0.467 e. The number of benzene rings is 1. The van der Waals surface area contributed by atoms with Crippen molar-refractivity contribution < 1.29 is 14.3 Å². The van der Waals surface area contributed by atoms with Crippen LogP contribution in [0.25, 0.3) is 10.9 Å². The first-order chi connectivity index (χ1) is 11.4. The highest BCUT2D eigenvalue weighted by atomic mass is 35.5. The maximum absolute atomic E-state index is 12.4. The van der Waals surface area contributed by atoms with Gasteiger partial charge in [0.1, 0.15) is 6.33 Å². The second kappa shape index (κ2) is 7.09. The van der Waals surface area contributed by atoms with Gasteiger partial charge in [0.15, 0.2) is 6.61 Å². The molecule has 24 heavy (non-hydrogen) atoms. The second-order valence-electron chi connectivity index (χ2n) is 5.81. The zero-order valence-electron chi connectivity index (χ0n) is 13.3. The van der Waals surface area contributed by atoms with Crippen LogP contribution in [-0.2, 0) is 9.53 Å². The number of ether oxygens (including phenoxy) is 2. The molecule has 1 amide bonds. The summed E-state index contributed by atoms with van der Waals surface area (Å²) in [6.45, 7) is 4.87. The summed E-state index contributed by atoms with van der Waals surface area (Å²) in [5.41, 5.74) is 0.534. The number of nitrogens with zero attached hydrogens (tertiary/aromatic N) is 3. The highest BCUT2D eigenvalue weighted by Crippen LogP contribution is 2.30. The molecule has 2 atom stereocenters. The smallest absolute Gasteiger partial charge is 0.260 e. The van der Waals surface area contributed by atoms with Crippen LogP contribution in [0.4, 0.5) is 0 Å². The maximum atomic E-state index is 12.4. The Morgan fingerprint density at radius 3 is 2.71 bits per heavy atom. The molecular weight excluding hydrogens is 353 g/mol. The number of rotatable bonds is 3. The van der Waals surface area contributed by atoms with E-state index in [2.05, 4.69) is 9.97 Å². The van der Waals surface area contributed by atoms with Gasteiger partial charge in [-0.1, -0.05) is 23.2 Å². The third-order valence-electron chi connectivity index (χ3n) is 3.73. The van der Waals surface area contributed by atoms with E-state index < -0.39 is 0 Å². The third kappa shape index (κ3) is 3.71. The van der Waals surface area contributed by atoms with Crippen molar-refractivity contribution >= 4 is 40.0 Å². The highest BCUT2D eigenvalue weighted by Gasteiger charge is 2.26. The second-order valence-corrected chi connectivity index (χ2v) is 6.65. The zero-order valence-corrected chi connectivity index (χ0v) is 14.8. The Bertz CT molecular complexity index is 762.